The van der Waals surface area contributed by atoms with E-state index in [0.29, 0.717) is 18.9 Å². The summed E-state index contributed by atoms with van der Waals surface area (Å²) in [6.45, 7) is 4.17. The highest BCUT2D eigenvalue weighted by Crippen LogP contribution is 2.31. The number of nitrogens with one attached hydrogen (secondary N) is 1. The van der Waals surface area contributed by atoms with Crippen molar-refractivity contribution >= 4 is 16.9 Å². The third kappa shape index (κ3) is 3.79. The second-order valence-electron chi connectivity index (χ2n) is 6.92. The van der Waals surface area contributed by atoms with Gasteiger partial charge in [-0.25, -0.2) is 4.98 Å². The Balaban J connectivity index is 1.35. The first kappa shape index (κ1) is 17.5. The number of nitrogens with zero attached hydrogens (tertiary/aromatic N) is 3. The van der Waals surface area contributed by atoms with Gasteiger partial charge < -0.3 is 9.64 Å². The standard InChI is InChI=1S/C21H24N4O2/c1-2-27-17-7-5-15(6-8-17)14-19(26)25-12-9-16(10-13-25)20-18-4-3-11-22-21(18)24-23-20/h3-8,11,16H,2,9-10,12-14H2,1H3,(H,22,23,24). The molecule has 3 heterocycles. The van der Waals surface area contributed by atoms with Gasteiger partial charge in [-0.2, -0.15) is 5.10 Å². The number of likely N-dealkylation sites (tertiary alicyclic amines) is 1. The van der Waals surface area contributed by atoms with Crippen LogP contribution in [0.1, 0.15) is 36.9 Å². The number of hydrogen-bond acceptors (Lipinski definition) is 4. The summed E-state index contributed by atoms with van der Waals surface area (Å²) in [6.07, 6.45) is 4.09. The SMILES string of the molecule is CCOc1ccc(CC(=O)N2CCC(c3[nH]nc4ncccc34)CC2)cc1. The molecule has 1 fully saturated rings. The van der Waals surface area contributed by atoms with Crippen LogP contribution in [0.25, 0.3) is 11.0 Å². The molecule has 2 aromatic heterocycles. The van der Waals surface area contributed by atoms with E-state index < -0.39 is 0 Å². The number of benzene rings is 1. The molecule has 6 heteroatoms. The van der Waals surface area contributed by atoms with Crippen molar-refractivity contribution in [2.45, 2.75) is 32.1 Å². The van der Waals surface area contributed by atoms with E-state index in [-0.39, 0.29) is 5.91 Å². The molecule has 1 amide bonds. The van der Waals surface area contributed by atoms with Gasteiger partial charge in [-0.3, -0.25) is 9.89 Å². The molecule has 0 saturated carbocycles. The number of pyridine rings is 1. The van der Waals surface area contributed by atoms with E-state index in [2.05, 4.69) is 21.2 Å². The van der Waals surface area contributed by atoms with Crippen molar-refractivity contribution in [2.75, 3.05) is 19.7 Å². The largest absolute Gasteiger partial charge is 0.494 e. The quantitative estimate of drug-likeness (QED) is 0.754. The second kappa shape index (κ2) is 7.78. The van der Waals surface area contributed by atoms with E-state index >= 15 is 0 Å². The van der Waals surface area contributed by atoms with E-state index in [4.69, 9.17) is 4.74 Å². The Kier molecular flexibility index (Phi) is 5.05. The van der Waals surface area contributed by atoms with Crippen LogP contribution in [0.3, 0.4) is 0 Å². The fourth-order valence-electron chi connectivity index (χ4n) is 3.76. The lowest BCUT2D eigenvalue weighted by atomic mass is 9.92. The normalized spacial score (nSPS) is 15.2. The number of aromatic nitrogens is 3. The van der Waals surface area contributed by atoms with Gasteiger partial charge in [0.1, 0.15) is 5.75 Å². The number of aromatic amines is 1. The molecule has 6 nitrogen and oxygen atoms in total. The van der Waals surface area contributed by atoms with Crippen LogP contribution in [0.5, 0.6) is 5.75 Å². The molecule has 0 bridgehead atoms. The maximum atomic E-state index is 12.6. The molecule has 4 rings (SSSR count). The molecule has 0 unspecified atom stereocenters. The number of H-pyrrole nitrogens is 1. The smallest absolute Gasteiger partial charge is 0.226 e. The first-order valence-electron chi connectivity index (χ1n) is 9.53. The van der Waals surface area contributed by atoms with Crippen LogP contribution in [0.2, 0.25) is 0 Å². The molecule has 1 aliphatic rings. The van der Waals surface area contributed by atoms with Crippen molar-refractivity contribution in [2.24, 2.45) is 0 Å². The van der Waals surface area contributed by atoms with Crippen molar-refractivity contribution < 1.29 is 9.53 Å². The zero-order valence-electron chi connectivity index (χ0n) is 15.5. The average Bonchev–Trinajstić information content (AvgIpc) is 3.14. The molecule has 1 saturated heterocycles. The average molecular weight is 364 g/mol. The minimum Gasteiger partial charge on any atom is -0.494 e. The number of carbonyl (C=O) groups excluding carboxylic acids is 1. The van der Waals surface area contributed by atoms with Crippen molar-refractivity contribution in [1.29, 1.82) is 0 Å². The van der Waals surface area contributed by atoms with Crippen molar-refractivity contribution in [3.05, 3.63) is 53.9 Å². The third-order valence-electron chi connectivity index (χ3n) is 5.20. The Labute approximate surface area is 158 Å². The zero-order chi connectivity index (χ0) is 18.6. The number of carbonyl (C=O) groups is 1. The van der Waals surface area contributed by atoms with Gasteiger partial charge in [0.15, 0.2) is 5.65 Å². The van der Waals surface area contributed by atoms with Crippen LogP contribution in [-0.4, -0.2) is 45.7 Å². The van der Waals surface area contributed by atoms with E-state index in [1.165, 1.54) is 0 Å². The van der Waals surface area contributed by atoms with Crippen molar-refractivity contribution in [3.8, 4) is 5.75 Å². The van der Waals surface area contributed by atoms with E-state index in [0.717, 1.165) is 54.0 Å². The maximum absolute atomic E-state index is 12.6. The summed E-state index contributed by atoms with van der Waals surface area (Å²) in [5.74, 6) is 1.43. The van der Waals surface area contributed by atoms with Crippen LogP contribution in [0.15, 0.2) is 42.6 Å². The predicted molar refractivity (Wildman–Crippen MR) is 104 cm³/mol. The van der Waals surface area contributed by atoms with Crippen LogP contribution < -0.4 is 4.74 Å². The zero-order valence-corrected chi connectivity index (χ0v) is 15.5. The molecular weight excluding hydrogens is 340 g/mol. The monoisotopic (exact) mass is 364 g/mol. The highest BCUT2D eigenvalue weighted by molar-refractivity contribution is 5.79. The fraction of sp³-hybridized carbons (Fsp3) is 0.381. The number of piperidine rings is 1. The highest BCUT2D eigenvalue weighted by Gasteiger charge is 2.26. The van der Waals surface area contributed by atoms with Crippen molar-refractivity contribution in [3.63, 3.8) is 0 Å². The van der Waals surface area contributed by atoms with Crippen molar-refractivity contribution in [1.82, 2.24) is 20.1 Å². The third-order valence-corrected chi connectivity index (χ3v) is 5.20. The predicted octanol–water partition coefficient (Wildman–Crippen LogP) is 3.31. The molecule has 3 aromatic rings. The molecule has 1 aliphatic heterocycles. The maximum Gasteiger partial charge on any atom is 0.226 e. The van der Waals surface area contributed by atoms with Crippen LogP contribution >= 0.6 is 0 Å². The molecule has 0 atom stereocenters. The lowest BCUT2D eigenvalue weighted by molar-refractivity contribution is -0.131. The molecule has 1 N–H and O–H groups in total. The summed E-state index contributed by atoms with van der Waals surface area (Å²) < 4.78 is 5.45. The fourth-order valence-corrected chi connectivity index (χ4v) is 3.76. The van der Waals surface area contributed by atoms with Gasteiger partial charge in [0.25, 0.3) is 0 Å². The summed E-state index contributed by atoms with van der Waals surface area (Å²) >= 11 is 0. The first-order valence-corrected chi connectivity index (χ1v) is 9.53. The van der Waals surface area contributed by atoms with Gasteiger partial charge in [-0.05, 0) is 49.6 Å². The molecular formula is C21H24N4O2. The summed E-state index contributed by atoms with van der Waals surface area (Å²) in [6, 6.07) is 11.8. The van der Waals surface area contributed by atoms with E-state index in [1.807, 2.05) is 42.2 Å². The van der Waals surface area contributed by atoms with E-state index in [1.54, 1.807) is 6.20 Å². The number of rotatable bonds is 5. The Hall–Kier alpha value is -2.89. The number of hydrogen-bond donors (Lipinski definition) is 1. The van der Waals surface area contributed by atoms with Crippen LogP contribution in [0.4, 0.5) is 0 Å². The summed E-state index contributed by atoms with van der Waals surface area (Å²) in [4.78, 5) is 18.9. The minimum atomic E-state index is 0.189. The number of ether oxygens (including phenoxy) is 1. The van der Waals surface area contributed by atoms with Gasteiger partial charge in [0.2, 0.25) is 5.91 Å². The van der Waals surface area contributed by atoms with Gasteiger partial charge in [0, 0.05) is 36.3 Å². The van der Waals surface area contributed by atoms with Gasteiger partial charge in [-0.15, -0.1) is 0 Å². The topological polar surface area (TPSA) is 71.1 Å². The lowest BCUT2D eigenvalue weighted by Crippen LogP contribution is -2.38. The van der Waals surface area contributed by atoms with Gasteiger partial charge in [0.05, 0.1) is 13.0 Å². The van der Waals surface area contributed by atoms with Crippen LogP contribution in [-0.2, 0) is 11.2 Å². The van der Waals surface area contributed by atoms with Gasteiger partial charge >= 0.3 is 0 Å². The molecule has 27 heavy (non-hydrogen) atoms. The Bertz CT molecular complexity index is 911. The molecule has 0 radical (unpaired) electrons. The number of amides is 1. The summed E-state index contributed by atoms with van der Waals surface area (Å²) in [5.41, 5.74) is 2.94. The van der Waals surface area contributed by atoms with Crippen LogP contribution in [0, 0.1) is 0 Å². The Morgan fingerprint density at radius 3 is 2.74 bits per heavy atom. The molecule has 0 spiro atoms. The first-order chi connectivity index (χ1) is 13.2. The molecule has 140 valence electrons. The highest BCUT2D eigenvalue weighted by atomic mass is 16.5. The second-order valence-corrected chi connectivity index (χ2v) is 6.92. The Morgan fingerprint density at radius 2 is 2.00 bits per heavy atom. The summed E-state index contributed by atoms with van der Waals surface area (Å²) in [5, 5.41) is 8.55. The summed E-state index contributed by atoms with van der Waals surface area (Å²) in [7, 11) is 0. The van der Waals surface area contributed by atoms with Gasteiger partial charge in [-0.1, -0.05) is 12.1 Å². The molecule has 0 aliphatic carbocycles. The number of fused-ring (bicyclic) bond motifs is 1. The van der Waals surface area contributed by atoms with E-state index in [9.17, 15) is 4.79 Å². The lowest BCUT2D eigenvalue weighted by Gasteiger charge is -2.31. The molecule has 1 aromatic carbocycles. The minimum absolute atomic E-state index is 0.189. The Morgan fingerprint density at radius 1 is 1.22 bits per heavy atom.